The first-order chi connectivity index (χ1) is 13.9. The summed E-state index contributed by atoms with van der Waals surface area (Å²) < 4.78 is 5.25. The zero-order valence-corrected chi connectivity index (χ0v) is 16.9. The van der Waals surface area contributed by atoms with E-state index in [9.17, 15) is 14.4 Å². The predicted octanol–water partition coefficient (Wildman–Crippen LogP) is 3.28. The Morgan fingerprint density at radius 2 is 1.72 bits per heavy atom. The molecular formula is C24H27NO4. The van der Waals surface area contributed by atoms with Gasteiger partial charge in [0.1, 0.15) is 6.04 Å². The summed E-state index contributed by atoms with van der Waals surface area (Å²) in [6.07, 6.45) is 3.34. The molecular weight excluding hydrogens is 366 g/mol. The van der Waals surface area contributed by atoms with Crippen molar-refractivity contribution in [3.05, 3.63) is 70.8 Å². The van der Waals surface area contributed by atoms with Crippen LogP contribution >= 0.6 is 0 Å². The van der Waals surface area contributed by atoms with Crippen molar-refractivity contribution in [2.45, 2.75) is 45.6 Å². The van der Waals surface area contributed by atoms with Gasteiger partial charge in [-0.2, -0.15) is 0 Å². The van der Waals surface area contributed by atoms with Gasteiger partial charge in [-0.1, -0.05) is 56.3 Å². The van der Waals surface area contributed by atoms with E-state index in [0.717, 1.165) is 24.8 Å². The molecule has 0 unspecified atom stereocenters. The van der Waals surface area contributed by atoms with Crippen molar-refractivity contribution < 1.29 is 19.1 Å². The number of aryl methyl sites for hydroxylation is 2. The third-order valence-corrected chi connectivity index (χ3v) is 5.21. The Balaban J connectivity index is 1.55. The van der Waals surface area contributed by atoms with Crippen molar-refractivity contribution in [2.24, 2.45) is 5.92 Å². The molecule has 1 atom stereocenters. The van der Waals surface area contributed by atoms with E-state index in [2.05, 4.69) is 5.32 Å². The Morgan fingerprint density at radius 3 is 2.45 bits per heavy atom. The standard InChI is InChI=1S/C24H27NO4/c1-16(2)23(25-22(27)13-17-7-4-3-5-8-17)24(28)29-15-21(26)20-12-11-18-9-6-10-19(18)14-20/h3-5,7-8,11-12,14,16,23H,6,9-10,13,15H2,1-2H3,(H,25,27)/t23-/m0/s1. The third-order valence-electron chi connectivity index (χ3n) is 5.21. The number of nitrogens with one attached hydrogen (secondary N) is 1. The average Bonchev–Trinajstić information content (AvgIpc) is 3.18. The van der Waals surface area contributed by atoms with Crippen molar-refractivity contribution in [1.82, 2.24) is 5.32 Å². The number of hydrogen-bond donors (Lipinski definition) is 1. The van der Waals surface area contributed by atoms with E-state index in [1.165, 1.54) is 11.1 Å². The highest BCUT2D eigenvalue weighted by molar-refractivity contribution is 5.98. The second-order valence-electron chi connectivity index (χ2n) is 7.82. The van der Waals surface area contributed by atoms with E-state index in [-0.39, 0.29) is 30.6 Å². The molecule has 0 saturated heterocycles. The van der Waals surface area contributed by atoms with Gasteiger partial charge in [-0.3, -0.25) is 9.59 Å². The highest BCUT2D eigenvalue weighted by atomic mass is 16.5. The Bertz CT molecular complexity index is 889. The van der Waals surface area contributed by atoms with Crippen molar-refractivity contribution in [3.8, 4) is 0 Å². The van der Waals surface area contributed by atoms with Crippen LogP contribution < -0.4 is 5.32 Å². The molecule has 1 N–H and O–H groups in total. The maximum atomic E-state index is 12.5. The summed E-state index contributed by atoms with van der Waals surface area (Å²) in [5.74, 6) is -1.23. The molecule has 29 heavy (non-hydrogen) atoms. The number of benzene rings is 2. The average molecular weight is 393 g/mol. The molecule has 0 saturated carbocycles. The highest BCUT2D eigenvalue weighted by Gasteiger charge is 2.26. The lowest BCUT2D eigenvalue weighted by molar-refractivity contribution is -0.148. The van der Waals surface area contributed by atoms with Gasteiger partial charge in [0.25, 0.3) is 0 Å². The second-order valence-corrected chi connectivity index (χ2v) is 7.82. The molecule has 3 rings (SSSR count). The number of ketones is 1. The van der Waals surface area contributed by atoms with Gasteiger partial charge < -0.3 is 10.1 Å². The van der Waals surface area contributed by atoms with Crippen LogP contribution in [0.25, 0.3) is 0 Å². The molecule has 0 fully saturated rings. The Morgan fingerprint density at radius 1 is 1.00 bits per heavy atom. The summed E-state index contributed by atoms with van der Waals surface area (Å²) in [4.78, 5) is 37.3. The number of carbonyl (C=O) groups is 3. The molecule has 0 aromatic heterocycles. The summed E-state index contributed by atoms with van der Waals surface area (Å²) in [6, 6.07) is 14.2. The van der Waals surface area contributed by atoms with Crippen LogP contribution in [0.4, 0.5) is 0 Å². The van der Waals surface area contributed by atoms with Gasteiger partial charge in [-0.05, 0) is 47.9 Å². The van der Waals surface area contributed by atoms with E-state index >= 15 is 0 Å². The van der Waals surface area contributed by atoms with Gasteiger partial charge >= 0.3 is 5.97 Å². The zero-order chi connectivity index (χ0) is 20.8. The Labute approximate surface area is 171 Å². The van der Waals surface area contributed by atoms with Crippen molar-refractivity contribution >= 4 is 17.7 Å². The molecule has 0 aliphatic heterocycles. The number of hydrogen-bond acceptors (Lipinski definition) is 4. The Kier molecular flexibility index (Phi) is 6.81. The van der Waals surface area contributed by atoms with Crippen LogP contribution in [-0.2, 0) is 33.6 Å². The van der Waals surface area contributed by atoms with Gasteiger partial charge in [-0.15, -0.1) is 0 Å². The molecule has 0 bridgehead atoms. The Hall–Kier alpha value is -2.95. The molecule has 5 heteroatoms. The number of carbonyl (C=O) groups excluding carboxylic acids is 3. The third kappa shape index (κ3) is 5.53. The maximum absolute atomic E-state index is 12.5. The number of amides is 1. The lowest BCUT2D eigenvalue weighted by Crippen LogP contribution is -2.46. The van der Waals surface area contributed by atoms with Crippen molar-refractivity contribution in [1.29, 1.82) is 0 Å². The number of fused-ring (bicyclic) bond motifs is 1. The lowest BCUT2D eigenvalue weighted by atomic mass is 10.0. The molecule has 152 valence electrons. The van der Waals surface area contributed by atoms with E-state index in [1.807, 2.05) is 56.3 Å². The van der Waals surface area contributed by atoms with Gasteiger partial charge in [-0.25, -0.2) is 4.79 Å². The number of esters is 1. The number of rotatable bonds is 8. The minimum atomic E-state index is -0.793. The molecule has 2 aromatic rings. The fraction of sp³-hybridized carbons (Fsp3) is 0.375. The zero-order valence-electron chi connectivity index (χ0n) is 16.9. The summed E-state index contributed by atoms with van der Waals surface area (Å²) in [5, 5.41) is 2.74. The summed E-state index contributed by atoms with van der Waals surface area (Å²) in [7, 11) is 0. The van der Waals surface area contributed by atoms with Crippen LogP contribution in [0.15, 0.2) is 48.5 Å². The summed E-state index contributed by atoms with van der Waals surface area (Å²) in [6.45, 7) is 3.34. The SMILES string of the molecule is CC(C)[C@H](NC(=O)Cc1ccccc1)C(=O)OCC(=O)c1ccc2c(c1)CCC2. The summed E-state index contributed by atoms with van der Waals surface area (Å²) in [5.41, 5.74) is 3.93. The van der Waals surface area contributed by atoms with Gasteiger partial charge in [0.2, 0.25) is 5.91 Å². The van der Waals surface area contributed by atoms with Crippen LogP contribution in [0.1, 0.15) is 47.3 Å². The van der Waals surface area contributed by atoms with Crippen molar-refractivity contribution in [2.75, 3.05) is 6.61 Å². The highest BCUT2D eigenvalue weighted by Crippen LogP contribution is 2.23. The first kappa shape index (κ1) is 20.8. The fourth-order valence-electron chi connectivity index (χ4n) is 3.56. The van der Waals surface area contributed by atoms with Crippen LogP contribution in [0.5, 0.6) is 0 Å². The number of Topliss-reactive ketones (excluding diaryl/α,β-unsaturated/α-hetero) is 1. The van der Waals surface area contributed by atoms with Crippen LogP contribution in [0, 0.1) is 5.92 Å². The van der Waals surface area contributed by atoms with E-state index in [0.29, 0.717) is 5.56 Å². The van der Waals surface area contributed by atoms with E-state index < -0.39 is 12.0 Å². The molecule has 1 aliphatic carbocycles. The van der Waals surface area contributed by atoms with Gasteiger partial charge in [0, 0.05) is 5.56 Å². The summed E-state index contributed by atoms with van der Waals surface area (Å²) >= 11 is 0. The van der Waals surface area contributed by atoms with Crippen LogP contribution in [0.3, 0.4) is 0 Å². The number of ether oxygens (including phenoxy) is 1. The second kappa shape index (κ2) is 9.50. The molecule has 1 amide bonds. The molecule has 0 heterocycles. The topological polar surface area (TPSA) is 72.5 Å². The quantitative estimate of drug-likeness (QED) is 0.552. The van der Waals surface area contributed by atoms with E-state index in [4.69, 9.17) is 4.74 Å². The monoisotopic (exact) mass is 393 g/mol. The normalized spacial score (nSPS) is 13.6. The van der Waals surface area contributed by atoms with Crippen molar-refractivity contribution in [3.63, 3.8) is 0 Å². The van der Waals surface area contributed by atoms with Crippen LogP contribution in [0.2, 0.25) is 0 Å². The maximum Gasteiger partial charge on any atom is 0.329 e. The predicted molar refractivity (Wildman–Crippen MR) is 111 cm³/mol. The smallest absolute Gasteiger partial charge is 0.329 e. The minimum Gasteiger partial charge on any atom is -0.456 e. The van der Waals surface area contributed by atoms with E-state index in [1.54, 1.807) is 6.07 Å². The largest absolute Gasteiger partial charge is 0.456 e. The molecule has 2 aromatic carbocycles. The lowest BCUT2D eigenvalue weighted by Gasteiger charge is -2.20. The molecule has 1 aliphatic rings. The first-order valence-electron chi connectivity index (χ1n) is 10.1. The molecule has 5 nitrogen and oxygen atoms in total. The minimum absolute atomic E-state index is 0.155. The first-order valence-corrected chi connectivity index (χ1v) is 10.1. The van der Waals surface area contributed by atoms with Crippen LogP contribution in [-0.4, -0.2) is 30.3 Å². The molecule has 0 spiro atoms. The fourth-order valence-corrected chi connectivity index (χ4v) is 3.56. The molecule has 0 radical (unpaired) electrons. The van der Waals surface area contributed by atoms with Gasteiger partial charge in [0.05, 0.1) is 6.42 Å². The van der Waals surface area contributed by atoms with Gasteiger partial charge in [0.15, 0.2) is 12.4 Å².